The van der Waals surface area contributed by atoms with Gasteiger partial charge in [0.1, 0.15) is 0 Å². The summed E-state index contributed by atoms with van der Waals surface area (Å²) in [5.74, 6) is -0.0626. The van der Waals surface area contributed by atoms with Gasteiger partial charge in [0.15, 0.2) is 0 Å². The summed E-state index contributed by atoms with van der Waals surface area (Å²) in [6, 6.07) is 0. The van der Waals surface area contributed by atoms with Crippen LogP contribution in [0, 0.1) is 5.92 Å². The number of piperidine rings is 1. The highest BCUT2D eigenvalue weighted by molar-refractivity contribution is 7.99. The van der Waals surface area contributed by atoms with Gasteiger partial charge in [0.2, 0.25) is 17.0 Å². The molecule has 2 saturated heterocycles. The molecule has 132 valence electrons. The largest absolute Gasteiger partial charge is 0.376 e. The van der Waals surface area contributed by atoms with E-state index in [9.17, 15) is 9.59 Å². The summed E-state index contributed by atoms with van der Waals surface area (Å²) in [5.41, 5.74) is 5.31. The lowest BCUT2D eigenvalue weighted by Gasteiger charge is -2.30. The minimum atomic E-state index is -0.273. The summed E-state index contributed by atoms with van der Waals surface area (Å²) in [7, 11) is 0. The first-order chi connectivity index (χ1) is 11.6. The molecule has 0 saturated carbocycles. The van der Waals surface area contributed by atoms with Crippen LogP contribution >= 0.6 is 11.8 Å². The summed E-state index contributed by atoms with van der Waals surface area (Å²) >= 11 is 1.33. The molecular formula is C14H22N6O3S. The smallest absolute Gasteiger partial charge is 0.233 e. The molecule has 2 aliphatic rings. The number of primary amides is 1. The minimum absolute atomic E-state index is 0.0367. The molecule has 1 atom stereocenters. The van der Waals surface area contributed by atoms with Crippen molar-refractivity contribution in [2.75, 3.05) is 25.4 Å². The standard InChI is InChI=1S/C14H22N6O3S/c15-13(22)10-3-5-19(6-4-10)12(21)9-24-14-16-17-18-20(14)8-11-2-1-7-23-11/h10-11H,1-9H2,(H2,15,22). The van der Waals surface area contributed by atoms with Gasteiger partial charge in [0.05, 0.1) is 18.4 Å². The number of hydrogen-bond acceptors (Lipinski definition) is 7. The van der Waals surface area contributed by atoms with Crippen LogP contribution in [0.4, 0.5) is 0 Å². The van der Waals surface area contributed by atoms with E-state index in [1.807, 2.05) is 0 Å². The van der Waals surface area contributed by atoms with Crippen molar-refractivity contribution in [3.63, 3.8) is 0 Å². The summed E-state index contributed by atoms with van der Waals surface area (Å²) in [6.07, 6.45) is 3.51. The fraction of sp³-hybridized carbons (Fsp3) is 0.786. The van der Waals surface area contributed by atoms with E-state index in [4.69, 9.17) is 10.5 Å². The number of carbonyl (C=O) groups excluding carboxylic acids is 2. The van der Waals surface area contributed by atoms with Gasteiger partial charge in [-0.3, -0.25) is 9.59 Å². The molecule has 0 aliphatic carbocycles. The Bertz CT molecular complexity index is 581. The molecule has 0 spiro atoms. The van der Waals surface area contributed by atoms with Gasteiger partial charge < -0.3 is 15.4 Å². The van der Waals surface area contributed by atoms with Crippen LogP contribution in [0.15, 0.2) is 5.16 Å². The van der Waals surface area contributed by atoms with Gasteiger partial charge >= 0.3 is 0 Å². The average Bonchev–Trinajstić information content (AvgIpc) is 3.25. The highest BCUT2D eigenvalue weighted by Gasteiger charge is 2.26. The maximum absolute atomic E-state index is 12.3. The maximum Gasteiger partial charge on any atom is 0.233 e. The number of carbonyl (C=O) groups is 2. The Morgan fingerprint density at radius 2 is 2.08 bits per heavy atom. The molecule has 2 aliphatic heterocycles. The number of rotatable bonds is 6. The Hall–Kier alpha value is -1.68. The SMILES string of the molecule is NC(=O)C1CCN(C(=O)CSc2nnnn2CC2CCCO2)CC1. The van der Waals surface area contributed by atoms with Gasteiger partial charge in [-0.15, -0.1) is 5.10 Å². The molecule has 2 amide bonds. The Morgan fingerprint density at radius 3 is 2.75 bits per heavy atom. The van der Waals surface area contributed by atoms with E-state index < -0.39 is 0 Å². The number of thioether (sulfide) groups is 1. The van der Waals surface area contributed by atoms with E-state index in [2.05, 4.69) is 15.5 Å². The fourth-order valence-corrected chi connectivity index (χ4v) is 3.82. The lowest BCUT2D eigenvalue weighted by Crippen LogP contribution is -2.42. The summed E-state index contributed by atoms with van der Waals surface area (Å²) < 4.78 is 7.29. The van der Waals surface area contributed by atoms with Crippen LogP contribution in [0.3, 0.4) is 0 Å². The Balaban J connectivity index is 1.46. The van der Waals surface area contributed by atoms with E-state index in [-0.39, 0.29) is 29.6 Å². The Kier molecular flexibility index (Phi) is 5.67. The van der Waals surface area contributed by atoms with Gasteiger partial charge in [0.25, 0.3) is 0 Å². The van der Waals surface area contributed by atoms with Gasteiger partial charge in [-0.1, -0.05) is 11.8 Å². The quantitative estimate of drug-likeness (QED) is 0.695. The van der Waals surface area contributed by atoms with Crippen LogP contribution in [-0.4, -0.2) is 68.5 Å². The summed E-state index contributed by atoms with van der Waals surface area (Å²) in [6.45, 7) is 2.56. The van der Waals surface area contributed by atoms with Crippen LogP contribution in [0.25, 0.3) is 0 Å². The second-order valence-corrected chi connectivity index (χ2v) is 7.07. The monoisotopic (exact) mass is 354 g/mol. The molecule has 10 heteroatoms. The number of nitrogens with two attached hydrogens (primary N) is 1. The molecule has 3 heterocycles. The third kappa shape index (κ3) is 4.23. The molecule has 1 aromatic rings. The zero-order valence-corrected chi connectivity index (χ0v) is 14.3. The number of aromatic nitrogens is 4. The third-order valence-corrected chi connectivity index (χ3v) is 5.42. The van der Waals surface area contributed by atoms with Crippen molar-refractivity contribution in [1.82, 2.24) is 25.1 Å². The van der Waals surface area contributed by atoms with Gasteiger partial charge in [0, 0.05) is 25.6 Å². The second-order valence-electron chi connectivity index (χ2n) is 6.12. The number of tetrazole rings is 1. The molecule has 1 aromatic heterocycles. The first-order valence-corrected chi connectivity index (χ1v) is 9.19. The maximum atomic E-state index is 12.3. The molecule has 24 heavy (non-hydrogen) atoms. The van der Waals surface area contributed by atoms with E-state index in [0.717, 1.165) is 19.4 Å². The molecule has 2 N–H and O–H groups in total. The highest BCUT2D eigenvalue weighted by Crippen LogP contribution is 2.21. The Labute approximate surface area is 144 Å². The molecule has 1 unspecified atom stereocenters. The van der Waals surface area contributed by atoms with Crippen molar-refractivity contribution >= 4 is 23.6 Å². The van der Waals surface area contributed by atoms with E-state index in [0.29, 0.717) is 37.6 Å². The number of amides is 2. The van der Waals surface area contributed by atoms with E-state index in [1.54, 1.807) is 9.58 Å². The van der Waals surface area contributed by atoms with Crippen molar-refractivity contribution in [2.45, 2.75) is 43.5 Å². The number of hydrogen-bond donors (Lipinski definition) is 1. The zero-order valence-electron chi connectivity index (χ0n) is 13.5. The van der Waals surface area contributed by atoms with Crippen molar-refractivity contribution in [3.05, 3.63) is 0 Å². The minimum Gasteiger partial charge on any atom is -0.376 e. The van der Waals surface area contributed by atoms with E-state index >= 15 is 0 Å². The zero-order chi connectivity index (χ0) is 16.9. The summed E-state index contributed by atoms with van der Waals surface area (Å²) in [5, 5.41) is 12.3. The average molecular weight is 354 g/mol. The molecule has 0 radical (unpaired) electrons. The van der Waals surface area contributed by atoms with Gasteiger partial charge in [-0.2, -0.15) is 0 Å². The van der Waals surface area contributed by atoms with Crippen molar-refractivity contribution in [2.24, 2.45) is 11.7 Å². The highest BCUT2D eigenvalue weighted by atomic mass is 32.2. The van der Waals surface area contributed by atoms with E-state index in [1.165, 1.54) is 11.8 Å². The van der Waals surface area contributed by atoms with Crippen molar-refractivity contribution < 1.29 is 14.3 Å². The van der Waals surface area contributed by atoms with Crippen LogP contribution in [0.2, 0.25) is 0 Å². The van der Waals surface area contributed by atoms with Gasteiger partial charge in [-0.25, -0.2) is 4.68 Å². The van der Waals surface area contributed by atoms with Crippen LogP contribution in [0.5, 0.6) is 0 Å². The number of likely N-dealkylation sites (tertiary alicyclic amines) is 1. The molecule has 0 aromatic carbocycles. The lowest BCUT2D eigenvalue weighted by atomic mass is 9.96. The first kappa shape index (κ1) is 17.2. The third-order valence-electron chi connectivity index (χ3n) is 4.47. The lowest BCUT2D eigenvalue weighted by molar-refractivity contribution is -0.132. The predicted molar refractivity (Wildman–Crippen MR) is 86.0 cm³/mol. The normalized spacial score (nSPS) is 22.0. The van der Waals surface area contributed by atoms with Crippen LogP contribution in [0.1, 0.15) is 25.7 Å². The topological polar surface area (TPSA) is 116 Å². The van der Waals surface area contributed by atoms with Gasteiger partial charge in [-0.05, 0) is 36.1 Å². The Morgan fingerprint density at radius 1 is 1.29 bits per heavy atom. The summed E-state index contributed by atoms with van der Waals surface area (Å²) in [4.78, 5) is 25.3. The van der Waals surface area contributed by atoms with Crippen LogP contribution < -0.4 is 5.73 Å². The predicted octanol–water partition coefficient (Wildman–Crippen LogP) is -0.332. The van der Waals surface area contributed by atoms with Crippen LogP contribution in [-0.2, 0) is 20.9 Å². The number of ether oxygens (including phenoxy) is 1. The van der Waals surface area contributed by atoms with Crippen molar-refractivity contribution in [1.29, 1.82) is 0 Å². The molecule has 2 fully saturated rings. The fourth-order valence-electron chi connectivity index (χ4n) is 3.03. The second kappa shape index (κ2) is 7.93. The van der Waals surface area contributed by atoms with Crippen molar-refractivity contribution in [3.8, 4) is 0 Å². The molecule has 0 bridgehead atoms. The molecular weight excluding hydrogens is 332 g/mol. The molecule has 9 nitrogen and oxygen atoms in total. The molecule has 3 rings (SSSR count). The first-order valence-electron chi connectivity index (χ1n) is 8.21. The number of nitrogens with zero attached hydrogens (tertiary/aromatic N) is 5.